The van der Waals surface area contributed by atoms with Crippen molar-refractivity contribution in [1.29, 1.82) is 5.41 Å². The molecule has 1 fully saturated rings. The third-order valence-electron chi connectivity index (χ3n) is 1.88. The number of hydrogen-bond donors (Lipinski definition) is 2. The summed E-state index contributed by atoms with van der Waals surface area (Å²) < 4.78 is 5.20. The van der Waals surface area contributed by atoms with Crippen molar-refractivity contribution >= 4 is 5.84 Å². The minimum absolute atomic E-state index is 0.338. The van der Waals surface area contributed by atoms with Crippen LogP contribution in [-0.4, -0.2) is 42.2 Å². The Kier molecular flexibility index (Phi) is 6.18. The van der Waals surface area contributed by atoms with Crippen LogP contribution in [0.5, 0.6) is 0 Å². The van der Waals surface area contributed by atoms with Crippen LogP contribution in [0.3, 0.4) is 0 Å². The fourth-order valence-electron chi connectivity index (χ4n) is 1.30. The van der Waals surface area contributed by atoms with Gasteiger partial charge in [-0.3, -0.25) is 5.41 Å². The van der Waals surface area contributed by atoms with E-state index in [0.29, 0.717) is 11.9 Å². The van der Waals surface area contributed by atoms with Crippen LogP contribution in [0.2, 0.25) is 0 Å². The van der Waals surface area contributed by atoms with Crippen molar-refractivity contribution in [1.82, 2.24) is 4.90 Å². The second-order valence-electron chi connectivity index (χ2n) is 2.69. The molecule has 1 atom stereocenters. The van der Waals surface area contributed by atoms with Crippen molar-refractivity contribution in [3.8, 4) is 0 Å². The quantitative estimate of drug-likeness (QED) is 0.496. The number of ether oxygens (including phenoxy) is 1. The summed E-state index contributed by atoms with van der Waals surface area (Å²) in [5.74, 6) is 0.538. The number of aliphatic hydroxyl groups excluding tert-OH is 1. The lowest BCUT2D eigenvalue weighted by atomic mass is 10.2. The monoisotopic (exact) mass is 186 g/mol. The highest BCUT2D eigenvalue weighted by atomic mass is 16.5. The van der Waals surface area contributed by atoms with Gasteiger partial charge in [-0.15, -0.1) is 0 Å². The second kappa shape index (κ2) is 6.62. The van der Waals surface area contributed by atoms with E-state index in [1.807, 2.05) is 4.90 Å². The molecule has 0 spiro atoms. The molecule has 1 saturated heterocycles. The number of nitrogens with zero attached hydrogens (tertiary/aromatic N) is 1. The van der Waals surface area contributed by atoms with Crippen molar-refractivity contribution in [3.05, 3.63) is 12.8 Å². The summed E-state index contributed by atoms with van der Waals surface area (Å²) in [4.78, 5) is 1.85. The highest BCUT2D eigenvalue weighted by Gasteiger charge is 2.21. The first-order valence-electron chi connectivity index (χ1n) is 4.24. The van der Waals surface area contributed by atoms with Gasteiger partial charge in [-0.2, -0.15) is 0 Å². The first-order valence-corrected chi connectivity index (χ1v) is 4.24. The molecule has 76 valence electrons. The van der Waals surface area contributed by atoms with Crippen LogP contribution < -0.4 is 0 Å². The minimum Gasteiger partial charge on any atom is -0.400 e. The zero-order chi connectivity index (χ0) is 10.3. The molecule has 0 saturated carbocycles. The highest BCUT2D eigenvalue weighted by molar-refractivity contribution is 5.77. The molecular weight excluding hydrogens is 168 g/mol. The van der Waals surface area contributed by atoms with E-state index >= 15 is 0 Å². The topological polar surface area (TPSA) is 56.6 Å². The molecular formula is C9H18N2O2. The lowest BCUT2D eigenvalue weighted by Gasteiger charge is -2.24. The SMILES string of the molecule is C=CN(C(C)=N)C1CCOC1.CO. The Morgan fingerprint density at radius 3 is 2.62 bits per heavy atom. The summed E-state index contributed by atoms with van der Waals surface area (Å²) in [7, 11) is 1.00. The molecule has 0 aromatic carbocycles. The van der Waals surface area contributed by atoms with Gasteiger partial charge in [0.05, 0.1) is 18.5 Å². The molecule has 0 bridgehead atoms. The molecule has 2 N–H and O–H groups in total. The lowest BCUT2D eigenvalue weighted by Crippen LogP contribution is -2.34. The maximum Gasteiger partial charge on any atom is 0.0969 e. The third kappa shape index (κ3) is 3.57. The smallest absolute Gasteiger partial charge is 0.0969 e. The first-order chi connectivity index (χ1) is 6.25. The predicted molar refractivity (Wildman–Crippen MR) is 52.8 cm³/mol. The van der Waals surface area contributed by atoms with E-state index in [4.69, 9.17) is 15.3 Å². The molecule has 1 rings (SSSR count). The maximum atomic E-state index is 7.42. The van der Waals surface area contributed by atoms with E-state index in [2.05, 4.69) is 6.58 Å². The van der Waals surface area contributed by atoms with Gasteiger partial charge in [0.25, 0.3) is 0 Å². The lowest BCUT2D eigenvalue weighted by molar-refractivity contribution is 0.182. The number of rotatable bonds is 2. The van der Waals surface area contributed by atoms with E-state index in [9.17, 15) is 0 Å². The third-order valence-corrected chi connectivity index (χ3v) is 1.88. The Hall–Kier alpha value is -0.870. The second-order valence-corrected chi connectivity index (χ2v) is 2.69. The van der Waals surface area contributed by atoms with Crippen molar-refractivity contribution in [2.45, 2.75) is 19.4 Å². The fourth-order valence-corrected chi connectivity index (χ4v) is 1.30. The van der Waals surface area contributed by atoms with Crippen LogP contribution in [0.25, 0.3) is 0 Å². The van der Waals surface area contributed by atoms with Crippen molar-refractivity contribution < 1.29 is 9.84 Å². The van der Waals surface area contributed by atoms with Crippen molar-refractivity contribution in [2.75, 3.05) is 20.3 Å². The number of aliphatic hydroxyl groups is 1. The highest BCUT2D eigenvalue weighted by Crippen LogP contribution is 2.12. The van der Waals surface area contributed by atoms with Gasteiger partial charge in [0.1, 0.15) is 0 Å². The summed E-state index contributed by atoms with van der Waals surface area (Å²) in [6.07, 6.45) is 2.70. The van der Waals surface area contributed by atoms with Crippen molar-refractivity contribution in [2.24, 2.45) is 0 Å². The molecule has 0 radical (unpaired) electrons. The molecule has 0 aromatic rings. The van der Waals surface area contributed by atoms with Crippen molar-refractivity contribution in [3.63, 3.8) is 0 Å². The number of amidine groups is 1. The van der Waals surface area contributed by atoms with Gasteiger partial charge in [0, 0.05) is 13.7 Å². The Bertz CT molecular complexity index is 165. The van der Waals surface area contributed by atoms with E-state index < -0.39 is 0 Å². The van der Waals surface area contributed by atoms with Crippen LogP contribution in [-0.2, 0) is 4.74 Å². The van der Waals surface area contributed by atoms with Gasteiger partial charge in [-0.05, 0) is 19.5 Å². The van der Waals surface area contributed by atoms with Crippen LogP contribution in [0, 0.1) is 5.41 Å². The fraction of sp³-hybridized carbons (Fsp3) is 0.667. The molecule has 0 amide bonds. The predicted octanol–water partition coefficient (Wildman–Crippen LogP) is 0.826. The number of hydrogen-bond acceptors (Lipinski definition) is 3. The van der Waals surface area contributed by atoms with Crippen LogP contribution >= 0.6 is 0 Å². The largest absolute Gasteiger partial charge is 0.400 e. The van der Waals surface area contributed by atoms with Gasteiger partial charge in [0.2, 0.25) is 0 Å². The summed E-state index contributed by atoms with van der Waals surface area (Å²) in [5.41, 5.74) is 0. The molecule has 4 heteroatoms. The average molecular weight is 186 g/mol. The maximum absolute atomic E-state index is 7.42. The number of nitrogens with one attached hydrogen (secondary N) is 1. The molecule has 1 aliphatic heterocycles. The molecule has 13 heavy (non-hydrogen) atoms. The molecule has 1 unspecified atom stereocenters. The molecule has 4 nitrogen and oxygen atoms in total. The normalized spacial score (nSPS) is 20.1. The van der Waals surface area contributed by atoms with Gasteiger partial charge in [0.15, 0.2) is 0 Å². The van der Waals surface area contributed by atoms with Gasteiger partial charge >= 0.3 is 0 Å². The average Bonchev–Trinajstić information content (AvgIpc) is 2.62. The Balaban J connectivity index is 0.000000671. The molecule has 0 aromatic heterocycles. The van der Waals surface area contributed by atoms with Gasteiger partial charge < -0.3 is 14.7 Å². The Morgan fingerprint density at radius 1 is 1.69 bits per heavy atom. The standard InChI is InChI=1S/C8H14N2O.CH4O/c1-3-10(7(2)9)8-4-5-11-6-8;1-2/h3,8-9H,1,4-6H2,2H3;2H,1H3. The van der Waals surface area contributed by atoms with E-state index in [1.54, 1.807) is 13.1 Å². The first kappa shape index (κ1) is 12.1. The van der Waals surface area contributed by atoms with Gasteiger partial charge in [-0.1, -0.05) is 6.58 Å². The summed E-state index contributed by atoms with van der Waals surface area (Å²) in [6, 6.07) is 0.338. The zero-order valence-corrected chi connectivity index (χ0v) is 8.29. The van der Waals surface area contributed by atoms with E-state index in [0.717, 1.165) is 26.7 Å². The summed E-state index contributed by atoms with van der Waals surface area (Å²) in [5, 5.41) is 14.4. The Labute approximate surface area is 79.3 Å². The molecule has 0 aliphatic carbocycles. The zero-order valence-electron chi connectivity index (χ0n) is 8.29. The summed E-state index contributed by atoms with van der Waals surface area (Å²) >= 11 is 0. The van der Waals surface area contributed by atoms with Crippen LogP contribution in [0.4, 0.5) is 0 Å². The van der Waals surface area contributed by atoms with Gasteiger partial charge in [-0.25, -0.2) is 0 Å². The van der Waals surface area contributed by atoms with Crippen LogP contribution in [0.15, 0.2) is 12.8 Å². The van der Waals surface area contributed by atoms with Crippen LogP contribution in [0.1, 0.15) is 13.3 Å². The Morgan fingerprint density at radius 2 is 2.31 bits per heavy atom. The van der Waals surface area contributed by atoms with E-state index in [-0.39, 0.29) is 0 Å². The van der Waals surface area contributed by atoms with E-state index in [1.165, 1.54) is 0 Å². The molecule has 1 heterocycles. The molecule has 1 aliphatic rings. The minimum atomic E-state index is 0.338. The summed E-state index contributed by atoms with van der Waals surface area (Å²) in [6.45, 7) is 6.95.